The van der Waals surface area contributed by atoms with Crippen molar-refractivity contribution in [3.8, 4) is 5.75 Å². The summed E-state index contributed by atoms with van der Waals surface area (Å²) in [5.41, 5.74) is 6.11. The first-order valence-corrected chi connectivity index (χ1v) is 6.18. The molecule has 0 aliphatic heterocycles. The first-order chi connectivity index (χ1) is 9.28. The van der Waals surface area contributed by atoms with Gasteiger partial charge in [0.1, 0.15) is 18.5 Å². The predicted molar refractivity (Wildman–Crippen MR) is 70.5 cm³/mol. The maximum Gasteiger partial charge on any atom is 0.390 e. The lowest BCUT2D eigenvalue weighted by Crippen LogP contribution is -2.35. The fourth-order valence-electron chi connectivity index (χ4n) is 1.62. The van der Waals surface area contributed by atoms with Gasteiger partial charge >= 0.3 is 6.18 Å². The third-order valence-electron chi connectivity index (χ3n) is 2.65. The Labute approximate surface area is 115 Å². The number of para-hydroxylation sites is 2. The van der Waals surface area contributed by atoms with Crippen molar-refractivity contribution in [1.82, 2.24) is 4.90 Å². The Kier molecular flexibility index (Phi) is 6.09. The average Bonchev–Trinajstić information content (AvgIpc) is 2.35. The van der Waals surface area contributed by atoms with Crippen LogP contribution in [0, 0.1) is 0 Å². The van der Waals surface area contributed by atoms with Gasteiger partial charge in [0.05, 0.1) is 12.1 Å². The molecule has 0 fully saturated rings. The molecule has 0 bridgehead atoms. The van der Waals surface area contributed by atoms with Crippen molar-refractivity contribution >= 4 is 5.69 Å². The zero-order valence-electron chi connectivity index (χ0n) is 11.2. The third kappa shape index (κ3) is 6.63. The molecule has 0 spiro atoms. The number of rotatable bonds is 7. The van der Waals surface area contributed by atoms with E-state index in [1.165, 1.54) is 11.9 Å². The van der Waals surface area contributed by atoms with E-state index in [1.807, 2.05) is 0 Å². The maximum absolute atomic E-state index is 12.0. The van der Waals surface area contributed by atoms with Gasteiger partial charge in [0.25, 0.3) is 0 Å². The van der Waals surface area contributed by atoms with Gasteiger partial charge in [-0.1, -0.05) is 12.1 Å². The molecular weight excluding hydrogens is 273 g/mol. The number of aliphatic hydroxyl groups excluding tert-OH is 1. The second kappa shape index (κ2) is 7.35. The van der Waals surface area contributed by atoms with Crippen LogP contribution in [0.15, 0.2) is 24.3 Å². The van der Waals surface area contributed by atoms with Crippen LogP contribution in [0.25, 0.3) is 0 Å². The molecule has 0 saturated carbocycles. The molecule has 4 nitrogen and oxygen atoms in total. The Morgan fingerprint density at radius 3 is 2.60 bits per heavy atom. The standard InChI is InChI=1S/C13H19F3N2O2/c1-18(7-6-13(14,15)16)8-10(19)9-20-12-5-3-2-4-11(12)17/h2-5,10,19H,6-9,17H2,1H3. The SMILES string of the molecule is CN(CCC(F)(F)F)CC(O)COc1ccccc1N. The number of ether oxygens (including phenoxy) is 1. The summed E-state index contributed by atoms with van der Waals surface area (Å²) in [7, 11) is 1.52. The maximum atomic E-state index is 12.0. The average molecular weight is 292 g/mol. The highest BCUT2D eigenvalue weighted by Gasteiger charge is 2.27. The normalized spacial score (nSPS) is 13.5. The van der Waals surface area contributed by atoms with Gasteiger partial charge in [-0.05, 0) is 19.2 Å². The molecular formula is C13H19F3N2O2. The fourth-order valence-corrected chi connectivity index (χ4v) is 1.62. The highest BCUT2D eigenvalue weighted by Crippen LogP contribution is 2.20. The number of nitrogen functional groups attached to an aromatic ring is 1. The summed E-state index contributed by atoms with van der Waals surface area (Å²) in [5.74, 6) is 0.449. The van der Waals surface area contributed by atoms with Crippen molar-refractivity contribution in [2.75, 3.05) is 32.5 Å². The van der Waals surface area contributed by atoms with Gasteiger partial charge in [0.2, 0.25) is 0 Å². The summed E-state index contributed by atoms with van der Waals surface area (Å²) >= 11 is 0. The number of anilines is 1. The first-order valence-electron chi connectivity index (χ1n) is 6.18. The second-order valence-corrected chi connectivity index (χ2v) is 4.63. The van der Waals surface area contributed by atoms with Crippen molar-refractivity contribution < 1.29 is 23.0 Å². The number of nitrogens with two attached hydrogens (primary N) is 1. The molecule has 1 aromatic carbocycles. The van der Waals surface area contributed by atoms with E-state index in [0.717, 1.165) is 0 Å². The molecule has 0 amide bonds. The van der Waals surface area contributed by atoms with Crippen LogP contribution in [0.2, 0.25) is 0 Å². The molecule has 1 atom stereocenters. The van der Waals surface area contributed by atoms with Gasteiger partial charge in [0.15, 0.2) is 0 Å². The van der Waals surface area contributed by atoms with Crippen molar-refractivity contribution in [2.45, 2.75) is 18.7 Å². The Hall–Kier alpha value is -1.47. The molecule has 0 saturated heterocycles. The monoisotopic (exact) mass is 292 g/mol. The molecule has 114 valence electrons. The van der Waals surface area contributed by atoms with Crippen LogP contribution in [-0.4, -0.2) is 49.0 Å². The van der Waals surface area contributed by atoms with E-state index in [4.69, 9.17) is 10.5 Å². The molecule has 1 aromatic rings. The topological polar surface area (TPSA) is 58.7 Å². The zero-order valence-corrected chi connectivity index (χ0v) is 11.2. The molecule has 0 heterocycles. The Morgan fingerprint density at radius 2 is 2.00 bits per heavy atom. The van der Waals surface area contributed by atoms with Crippen LogP contribution in [0.3, 0.4) is 0 Å². The van der Waals surface area contributed by atoms with E-state index in [-0.39, 0.29) is 19.7 Å². The zero-order chi connectivity index (χ0) is 15.2. The van der Waals surface area contributed by atoms with Crippen LogP contribution in [0.5, 0.6) is 5.75 Å². The third-order valence-corrected chi connectivity index (χ3v) is 2.65. The van der Waals surface area contributed by atoms with Gasteiger partial charge in [-0.25, -0.2) is 0 Å². The molecule has 3 N–H and O–H groups in total. The number of hydrogen-bond acceptors (Lipinski definition) is 4. The lowest BCUT2D eigenvalue weighted by atomic mass is 10.3. The number of likely N-dealkylation sites (N-methyl/N-ethyl adjacent to an activating group) is 1. The number of benzene rings is 1. The van der Waals surface area contributed by atoms with E-state index in [2.05, 4.69) is 0 Å². The molecule has 0 radical (unpaired) electrons. The molecule has 1 rings (SSSR count). The number of nitrogens with zero attached hydrogens (tertiary/aromatic N) is 1. The van der Waals surface area contributed by atoms with E-state index in [1.54, 1.807) is 24.3 Å². The highest BCUT2D eigenvalue weighted by atomic mass is 19.4. The predicted octanol–water partition coefficient (Wildman–Crippen LogP) is 1.89. The number of aliphatic hydroxyl groups is 1. The highest BCUT2D eigenvalue weighted by molar-refractivity contribution is 5.51. The molecule has 1 unspecified atom stereocenters. The molecule has 7 heteroatoms. The molecule has 0 aromatic heterocycles. The summed E-state index contributed by atoms with van der Waals surface area (Å²) < 4.78 is 41.4. The summed E-state index contributed by atoms with van der Waals surface area (Å²) in [6, 6.07) is 6.82. The van der Waals surface area contributed by atoms with Gasteiger partial charge in [0, 0.05) is 13.1 Å². The van der Waals surface area contributed by atoms with E-state index in [9.17, 15) is 18.3 Å². The Balaban J connectivity index is 2.29. The van der Waals surface area contributed by atoms with Gasteiger partial charge in [-0.2, -0.15) is 13.2 Å². The largest absolute Gasteiger partial charge is 0.489 e. The fraction of sp³-hybridized carbons (Fsp3) is 0.538. The van der Waals surface area contributed by atoms with E-state index < -0.39 is 18.7 Å². The Morgan fingerprint density at radius 1 is 1.35 bits per heavy atom. The minimum atomic E-state index is -4.19. The minimum Gasteiger partial charge on any atom is -0.489 e. The van der Waals surface area contributed by atoms with Gasteiger partial charge in [-0.15, -0.1) is 0 Å². The van der Waals surface area contributed by atoms with Crippen LogP contribution >= 0.6 is 0 Å². The second-order valence-electron chi connectivity index (χ2n) is 4.63. The first kappa shape index (κ1) is 16.6. The van der Waals surface area contributed by atoms with E-state index >= 15 is 0 Å². The van der Waals surface area contributed by atoms with Crippen molar-refractivity contribution in [1.29, 1.82) is 0 Å². The number of halogens is 3. The smallest absolute Gasteiger partial charge is 0.390 e. The number of alkyl halides is 3. The Bertz CT molecular complexity index is 413. The van der Waals surface area contributed by atoms with Crippen LogP contribution in [-0.2, 0) is 0 Å². The summed E-state index contributed by atoms with van der Waals surface area (Å²) in [6.07, 6.45) is -5.97. The molecule has 0 aliphatic carbocycles. The van der Waals surface area contributed by atoms with Crippen LogP contribution < -0.4 is 10.5 Å². The number of hydrogen-bond donors (Lipinski definition) is 2. The molecule has 0 aliphatic rings. The van der Waals surface area contributed by atoms with Crippen molar-refractivity contribution in [3.63, 3.8) is 0 Å². The summed E-state index contributed by atoms with van der Waals surface area (Å²) in [5, 5.41) is 9.71. The van der Waals surface area contributed by atoms with Crippen molar-refractivity contribution in [3.05, 3.63) is 24.3 Å². The lowest BCUT2D eigenvalue weighted by Gasteiger charge is -2.21. The summed E-state index contributed by atoms with van der Waals surface area (Å²) in [6.45, 7) is -0.0819. The summed E-state index contributed by atoms with van der Waals surface area (Å²) in [4.78, 5) is 1.41. The lowest BCUT2D eigenvalue weighted by molar-refractivity contribution is -0.138. The minimum absolute atomic E-state index is 0.0232. The van der Waals surface area contributed by atoms with Gasteiger partial charge < -0.3 is 20.5 Å². The van der Waals surface area contributed by atoms with Crippen LogP contribution in [0.1, 0.15) is 6.42 Å². The van der Waals surface area contributed by atoms with Gasteiger partial charge in [-0.3, -0.25) is 0 Å². The molecule has 20 heavy (non-hydrogen) atoms. The van der Waals surface area contributed by atoms with Crippen LogP contribution in [0.4, 0.5) is 18.9 Å². The van der Waals surface area contributed by atoms with E-state index in [0.29, 0.717) is 11.4 Å². The quantitative estimate of drug-likeness (QED) is 0.754. The van der Waals surface area contributed by atoms with Crippen molar-refractivity contribution in [2.24, 2.45) is 0 Å².